The molecule has 1 atom stereocenters. The molecule has 0 bridgehead atoms. The van der Waals surface area contributed by atoms with E-state index in [1.165, 1.54) is 54.1 Å². The first-order chi connectivity index (χ1) is 16.8. The van der Waals surface area contributed by atoms with Gasteiger partial charge in [-0.15, -0.1) is 0 Å². The summed E-state index contributed by atoms with van der Waals surface area (Å²) in [5, 5.41) is 27.1. The Bertz CT molecular complexity index is 1030. The standard InChI is InChI=1S/C21H25N3.C4H4O4.C2H6O/c1-23-12-9-15(10-13-23)20-17-6-4-5-16-11-14-24(21(16)17)19-8-3-2-7-18(19)22-20;5-3(6)1-2-4(7)8;1-2-3/h2-8,15,20,22H,9-14H2,1H3;1-2H,(H,5,6)(H,7,8);3H,2H2,1H3. The highest BCUT2D eigenvalue weighted by atomic mass is 16.4. The van der Waals surface area contributed by atoms with Crippen LogP contribution in [0, 0.1) is 5.92 Å². The van der Waals surface area contributed by atoms with Crippen LogP contribution in [0.1, 0.15) is 36.9 Å². The fourth-order valence-electron chi connectivity index (χ4n) is 4.93. The molecule has 2 aromatic carbocycles. The number of aliphatic hydroxyl groups excluding tert-OH is 1. The first-order valence-corrected chi connectivity index (χ1v) is 12.0. The Morgan fingerprint density at radius 1 is 1.00 bits per heavy atom. The Balaban J connectivity index is 0.000000265. The van der Waals surface area contributed by atoms with E-state index in [1.807, 2.05) is 0 Å². The maximum absolute atomic E-state index is 9.55. The summed E-state index contributed by atoms with van der Waals surface area (Å²) in [6, 6.07) is 16.2. The number of likely N-dealkylation sites (tertiary alicyclic amines) is 1. The van der Waals surface area contributed by atoms with E-state index in [9.17, 15) is 9.59 Å². The SMILES string of the molecule is CCO.CN1CCC(C2Nc3ccccc3N3CCc4cccc2c43)CC1.O=C(O)C=CC(=O)O. The van der Waals surface area contributed by atoms with E-state index in [4.69, 9.17) is 15.3 Å². The molecule has 0 aliphatic carbocycles. The number of benzene rings is 2. The molecule has 35 heavy (non-hydrogen) atoms. The number of carbonyl (C=O) groups is 2. The number of aliphatic hydroxyl groups is 1. The van der Waals surface area contributed by atoms with Crippen LogP contribution in [0.2, 0.25) is 0 Å². The highest BCUT2D eigenvalue weighted by Gasteiger charge is 2.35. The zero-order valence-corrected chi connectivity index (χ0v) is 20.4. The molecule has 2 aromatic rings. The molecule has 4 N–H and O–H groups in total. The second-order valence-corrected chi connectivity index (χ2v) is 8.86. The van der Waals surface area contributed by atoms with Crippen LogP contribution in [-0.2, 0) is 16.0 Å². The van der Waals surface area contributed by atoms with Gasteiger partial charge in [0.15, 0.2) is 0 Å². The Morgan fingerprint density at radius 2 is 1.63 bits per heavy atom. The van der Waals surface area contributed by atoms with Crippen molar-refractivity contribution in [1.82, 2.24) is 4.90 Å². The number of rotatable bonds is 3. The third-order valence-corrected chi connectivity index (χ3v) is 6.47. The summed E-state index contributed by atoms with van der Waals surface area (Å²) in [4.78, 5) is 24.1. The molecule has 1 saturated heterocycles. The summed E-state index contributed by atoms with van der Waals surface area (Å²) >= 11 is 0. The van der Waals surface area contributed by atoms with Gasteiger partial charge in [-0.1, -0.05) is 30.3 Å². The average molecular weight is 482 g/mol. The number of para-hydroxylation sites is 3. The van der Waals surface area contributed by atoms with Gasteiger partial charge in [-0.2, -0.15) is 0 Å². The summed E-state index contributed by atoms with van der Waals surface area (Å²) in [5.41, 5.74) is 7.16. The molecular formula is C27H35N3O5. The number of hydrogen-bond acceptors (Lipinski definition) is 6. The van der Waals surface area contributed by atoms with Crippen LogP contribution in [0.25, 0.3) is 0 Å². The van der Waals surface area contributed by atoms with E-state index in [-0.39, 0.29) is 6.61 Å². The Hall–Kier alpha value is -3.36. The van der Waals surface area contributed by atoms with Crippen LogP contribution in [-0.4, -0.2) is 65.4 Å². The van der Waals surface area contributed by atoms with Crippen molar-refractivity contribution >= 4 is 29.0 Å². The lowest BCUT2D eigenvalue weighted by atomic mass is 9.84. The van der Waals surface area contributed by atoms with E-state index in [0.717, 1.165) is 13.0 Å². The van der Waals surface area contributed by atoms with Crippen LogP contribution >= 0.6 is 0 Å². The molecule has 5 rings (SSSR count). The number of hydrogen-bond donors (Lipinski definition) is 4. The number of carboxylic acids is 2. The molecule has 1 fully saturated rings. The fraction of sp³-hybridized carbons (Fsp3) is 0.407. The minimum atomic E-state index is -1.26. The maximum atomic E-state index is 9.55. The summed E-state index contributed by atoms with van der Waals surface area (Å²) < 4.78 is 0. The monoisotopic (exact) mass is 481 g/mol. The van der Waals surface area contributed by atoms with E-state index in [1.54, 1.807) is 6.92 Å². The van der Waals surface area contributed by atoms with Crippen LogP contribution in [0.5, 0.6) is 0 Å². The van der Waals surface area contributed by atoms with Gasteiger partial charge in [-0.25, -0.2) is 9.59 Å². The second kappa shape index (κ2) is 12.4. The molecule has 188 valence electrons. The largest absolute Gasteiger partial charge is 0.478 e. The molecule has 0 saturated carbocycles. The van der Waals surface area contributed by atoms with Crippen LogP contribution in [0.4, 0.5) is 17.1 Å². The number of nitrogens with one attached hydrogen (secondary N) is 1. The van der Waals surface area contributed by atoms with Gasteiger partial charge >= 0.3 is 11.9 Å². The molecule has 3 aliphatic rings. The van der Waals surface area contributed by atoms with Crippen molar-refractivity contribution in [2.24, 2.45) is 5.92 Å². The predicted molar refractivity (Wildman–Crippen MR) is 137 cm³/mol. The normalized spacial score (nSPS) is 18.7. The Labute approximate surface area is 206 Å². The molecule has 0 radical (unpaired) electrons. The molecule has 1 unspecified atom stereocenters. The molecule has 0 spiro atoms. The molecule has 0 aromatic heterocycles. The minimum absolute atomic E-state index is 0.250. The second-order valence-electron chi connectivity index (χ2n) is 8.86. The van der Waals surface area contributed by atoms with Crippen LogP contribution in [0.15, 0.2) is 54.6 Å². The fourth-order valence-corrected chi connectivity index (χ4v) is 4.93. The lowest BCUT2D eigenvalue weighted by Gasteiger charge is -2.35. The summed E-state index contributed by atoms with van der Waals surface area (Å²) in [6.07, 6.45) is 4.84. The van der Waals surface area contributed by atoms with E-state index < -0.39 is 11.9 Å². The molecule has 8 nitrogen and oxygen atoms in total. The minimum Gasteiger partial charge on any atom is -0.478 e. The number of anilines is 3. The first-order valence-electron chi connectivity index (χ1n) is 12.0. The predicted octanol–water partition coefficient (Wildman–Crippen LogP) is 3.90. The lowest BCUT2D eigenvalue weighted by molar-refractivity contribution is -0.134. The van der Waals surface area contributed by atoms with E-state index in [0.29, 0.717) is 24.1 Å². The molecule has 8 heteroatoms. The smallest absolute Gasteiger partial charge is 0.328 e. The highest BCUT2D eigenvalue weighted by molar-refractivity contribution is 5.89. The van der Waals surface area contributed by atoms with Crippen molar-refractivity contribution in [1.29, 1.82) is 0 Å². The third-order valence-electron chi connectivity index (χ3n) is 6.47. The number of nitrogens with zero attached hydrogens (tertiary/aromatic N) is 2. The zero-order chi connectivity index (χ0) is 25.4. The summed E-state index contributed by atoms with van der Waals surface area (Å²) in [6.45, 7) is 5.46. The van der Waals surface area contributed by atoms with Gasteiger partial charge in [0, 0.05) is 31.0 Å². The number of aliphatic carboxylic acids is 2. The van der Waals surface area contributed by atoms with Crippen molar-refractivity contribution in [2.45, 2.75) is 32.2 Å². The third kappa shape index (κ3) is 6.61. The van der Waals surface area contributed by atoms with Crippen molar-refractivity contribution in [3.05, 3.63) is 65.7 Å². The maximum Gasteiger partial charge on any atom is 0.328 e. The highest BCUT2D eigenvalue weighted by Crippen LogP contribution is 2.49. The molecule has 0 amide bonds. The van der Waals surface area contributed by atoms with Crippen molar-refractivity contribution < 1.29 is 24.9 Å². The Morgan fingerprint density at radius 3 is 2.26 bits per heavy atom. The van der Waals surface area contributed by atoms with Crippen LogP contribution in [0.3, 0.4) is 0 Å². The van der Waals surface area contributed by atoms with Gasteiger partial charge in [0.2, 0.25) is 0 Å². The van der Waals surface area contributed by atoms with Gasteiger partial charge in [-0.05, 0) is 75.5 Å². The van der Waals surface area contributed by atoms with Gasteiger partial charge in [0.1, 0.15) is 0 Å². The Kier molecular flexibility index (Phi) is 9.28. The molecule has 3 aliphatic heterocycles. The van der Waals surface area contributed by atoms with E-state index in [2.05, 4.69) is 64.6 Å². The molecule has 3 heterocycles. The number of piperidine rings is 1. The molecular weight excluding hydrogens is 446 g/mol. The van der Waals surface area contributed by atoms with Crippen molar-refractivity contribution in [3.8, 4) is 0 Å². The summed E-state index contributed by atoms with van der Waals surface area (Å²) in [5.74, 6) is -1.80. The number of fused-ring (bicyclic) bond motifs is 2. The van der Waals surface area contributed by atoms with Gasteiger partial charge in [0.05, 0.1) is 17.4 Å². The topological polar surface area (TPSA) is 113 Å². The zero-order valence-electron chi connectivity index (χ0n) is 20.4. The van der Waals surface area contributed by atoms with Crippen molar-refractivity contribution in [2.75, 3.05) is 43.5 Å². The quantitative estimate of drug-likeness (QED) is 0.488. The van der Waals surface area contributed by atoms with Crippen molar-refractivity contribution in [3.63, 3.8) is 0 Å². The average Bonchev–Trinajstić information content (AvgIpc) is 3.21. The lowest BCUT2D eigenvalue weighted by Crippen LogP contribution is -2.34. The van der Waals surface area contributed by atoms with Gasteiger partial charge in [0.25, 0.3) is 0 Å². The van der Waals surface area contributed by atoms with Crippen LogP contribution < -0.4 is 10.2 Å². The van der Waals surface area contributed by atoms with E-state index >= 15 is 0 Å². The number of carboxylic acid groups (broad SMARTS) is 2. The van der Waals surface area contributed by atoms with Gasteiger partial charge in [-0.3, -0.25) is 0 Å². The van der Waals surface area contributed by atoms with Gasteiger partial charge < -0.3 is 30.4 Å². The summed E-state index contributed by atoms with van der Waals surface area (Å²) in [7, 11) is 2.24. The first kappa shape index (κ1) is 26.2.